The van der Waals surface area contributed by atoms with E-state index in [-0.39, 0.29) is 17.9 Å². The van der Waals surface area contributed by atoms with E-state index in [2.05, 4.69) is 10.3 Å². The van der Waals surface area contributed by atoms with Gasteiger partial charge >= 0.3 is 0 Å². The maximum atomic E-state index is 11.9. The van der Waals surface area contributed by atoms with Gasteiger partial charge in [0.2, 0.25) is 11.8 Å². The molecule has 1 aliphatic heterocycles. The number of likely N-dealkylation sites (tertiary alicyclic amines) is 1. The Morgan fingerprint density at radius 2 is 2.50 bits per heavy atom. The van der Waals surface area contributed by atoms with Gasteiger partial charge in [-0.15, -0.1) is 11.3 Å². The van der Waals surface area contributed by atoms with Crippen LogP contribution in [0.25, 0.3) is 0 Å². The van der Waals surface area contributed by atoms with E-state index in [1.165, 1.54) is 0 Å². The number of carbonyl (C=O) groups excluding carboxylic acids is 2. The molecule has 1 N–H and O–H groups in total. The molecule has 5 nitrogen and oxygen atoms in total. The smallest absolute Gasteiger partial charge is 0.242 e. The highest BCUT2D eigenvalue weighted by Crippen LogP contribution is 2.13. The van der Waals surface area contributed by atoms with E-state index in [4.69, 9.17) is 0 Å². The number of nitrogens with one attached hydrogen (secondary N) is 1. The van der Waals surface area contributed by atoms with Crippen LogP contribution in [0.5, 0.6) is 0 Å². The second kappa shape index (κ2) is 5.95. The van der Waals surface area contributed by atoms with Crippen molar-refractivity contribution in [1.29, 1.82) is 0 Å². The topological polar surface area (TPSA) is 62.3 Å². The van der Waals surface area contributed by atoms with Gasteiger partial charge in [-0.3, -0.25) is 9.59 Å². The molecule has 1 atom stereocenters. The van der Waals surface area contributed by atoms with Crippen molar-refractivity contribution in [3.63, 3.8) is 0 Å². The lowest BCUT2D eigenvalue weighted by atomic mass is 10.2. The molecule has 0 bridgehead atoms. The molecule has 0 radical (unpaired) electrons. The van der Waals surface area contributed by atoms with Crippen molar-refractivity contribution in [2.24, 2.45) is 0 Å². The summed E-state index contributed by atoms with van der Waals surface area (Å²) in [6.45, 7) is 3.04. The maximum absolute atomic E-state index is 11.9. The van der Waals surface area contributed by atoms with Crippen LogP contribution in [0.2, 0.25) is 0 Å². The third-order valence-electron chi connectivity index (χ3n) is 3.08. The lowest BCUT2D eigenvalue weighted by molar-refractivity contribution is -0.136. The molecule has 2 amide bonds. The molecule has 1 saturated heterocycles. The highest BCUT2D eigenvalue weighted by atomic mass is 32.1. The Hall–Kier alpha value is -1.43. The molecule has 1 aromatic heterocycles. The first-order valence-corrected chi connectivity index (χ1v) is 7.02. The van der Waals surface area contributed by atoms with Crippen LogP contribution in [0.3, 0.4) is 0 Å². The standard InChI is InChI=1S/C12H17N3O2S/c1-9(15-7-2-3-11(15)16)12(17)14-5-4-10-13-6-8-18-10/h6,8-9H,2-5,7H2,1H3,(H,14,17)/t9-/m1/s1. The lowest BCUT2D eigenvalue weighted by Crippen LogP contribution is -2.46. The number of rotatable bonds is 5. The Morgan fingerprint density at radius 1 is 1.67 bits per heavy atom. The summed E-state index contributed by atoms with van der Waals surface area (Å²) < 4.78 is 0. The number of amides is 2. The van der Waals surface area contributed by atoms with Crippen molar-refractivity contribution < 1.29 is 9.59 Å². The van der Waals surface area contributed by atoms with Crippen molar-refractivity contribution in [2.75, 3.05) is 13.1 Å². The number of thiazole rings is 1. The van der Waals surface area contributed by atoms with Gasteiger partial charge in [-0.25, -0.2) is 4.98 Å². The van der Waals surface area contributed by atoms with Crippen molar-refractivity contribution in [1.82, 2.24) is 15.2 Å². The monoisotopic (exact) mass is 267 g/mol. The summed E-state index contributed by atoms with van der Waals surface area (Å²) >= 11 is 1.58. The molecule has 0 aromatic carbocycles. The summed E-state index contributed by atoms with van der Waals surface area (Å²) in [5.74, 6) is -0.000574. The number of carbonyl (C=O) groups is 2. The molecule has 98 valence electrons. The minimum absolute atomic E-state index is 0.0811. The molecule has 2 heterocycles. The predicted octanol–water partition coefficient (Wildman–Crippen LogP) is 0.813. The van der Waals surface area contributed by atoms with Crippen LogP contribution in [-0.4, -0.2) is 40.8 Å². The van der Waals surface area contributed by atoms with E-state index in [1.807, 2.05) is 5.38 Å². The average Bonchev–Trinajstić information content (AvgIpc) is 2.99. The SMILES string of the molecule is C[C@H](C(=O)NCCc1nccs1)N1CCCC1=O. The van der Waals surface area contributed by atoms with Crippen LogP contribution in [0, 0.1) is 0 Å². The Balaban J connectivity index is 1.75. The fraction of sp³-hybridized carbons (Fsp3) is 0.583. The van der Waals surface area contributed by atoms with E-state index in [9.17, 15) is 9.59 Å². The minimum Gasteiger partial charge on any atom is -0.354 e. The van der Waals surface area contributed by atoms with E-state index < -0.39 is 0 Å². The fourth-order valence-electron chi connectivity index (χ4n) is 2.04. The summed E-state index contributed by atoms with van der Waals surface area (Å²) in [5, 5.41) is 5.79. The van der Waals surface area contributed by atoms with Crippen LogP contribution in [0.1, 0.15) is 24.8 Å². The Labute approximate surface area is 110 Å². The molecule has 18 heavy (non-hydrogen) atoms. The van der Waals surface area contributed by atoms with Crippen molar-refractivity contribution in [3.05, 3.63) is 16.6 Å². The first-order valence-electron chi connectivity index (χ1n) is 6.14. The number of hydrogen-bond donors (Lipinski definition) is 1. The van der Waals surface area contributed by atoms with Crippen LogP contribution in [-0.2, 0) is 16.0 Å². The van der Waals surface area contributed by atoms with E-state index in [0.29, 0.717) is 19.5 Å². The van der Waals surface area contributed by atoms with Gasteiger partial charge in [0, 0.05) is 37.5 Å². The lowest BCUT2D eigenvalue weighted by Gasteiger charge is -2.23. The molecule has 0 saturated carbocycles. The summed E-state index contributed by atoms with van der Waals surface area (Å²) in [5.41, 5.74) is 0. The first kappa shape index (κ1) is 13.0. The molecule has 2 rings (SSSR count). The minimum atomic E-state index is -0.365. The molecule has 1 aliphatic rings. The van der Waals surface area contributed by atoms with Gasteiger partial charge in [-0.2, -0.15) is 0 Å². The molecule has 1 aromatic rings. The highest BCUT2D eigenvalue weighted by Gasteiger charge is 2.28. The van der Waals surface area contributed by atoms with Crippen molar-refractivity contribution >= 4 is 23.2 Å². The summed E-state index contributed by atoms with van der Waals surface area (Å²) in [6, 6.07) is -0.365. The predicted molar refractivity (Wildman–Crippen MR) is 69.2 cm³/mol. The molecule has 0 spiro atoms. The van der Waals surface area contributed by atoms with Crippen LogP contribution < -0.4 is 5.32 Å². The average molecular weight is 267 g/mol. The third-order valence-corrected chi connectivity index (χ3v) is 3.92. The van der Waals surface area contributed by atoms with Crippen LogP contribution >= 0.6 is 11.3 Å². The normalized spacial score (nSPS) is 16.9. The van der Waals surface area contributed by atoms with Crippen LogP contribution in [0.15, 0.2) is 11.6 Å². The molecule has 1 fully saturated rings. The van der Waals surface area contributed by atoms with Gasteiger partial charge < -0.3 is 10.2 Å². The first-order chi connectivity index (χ1) is 8.68. The zero-order chi connectivity index (χ0) is 13.0. The summed E-state index contributed by atoms with van der Waals surface area (Å²) in [7, 11) is 0. The Kier molecular flexibility index (Phi) is 4.30. The summed E-state index contributed by atoms with van der Waals surface area (Å²) in [6.07, 6.45) is 3.92. The van der Waals surface area contributed by atoms with Gasteiger partial charge in [-0.05, 0) is 13.3 Å². The number of nitrogens with zero attached hydrogens (tertiary/aromatic N) is 2. The van der Waals surface area contributed by atoms with Gasteiger partial charge in [0.1, 0.15) is 6.04 Å². The number of aromatic nitrogens is 1. The zero-order valence-electron chi connectivity index (χ0n) is 10.4. The maximum Gasteiger partial charge on any atom is 0.242 e. The Morgan fingerprint density at radius 3 is 3.11 bits per heavy atom. The van der Waals surface area contributed by atoms with E-state index >= 15 is 0 Å². The van der Waals surface area contributed by atoms with Gasteiger partial charge in [0.05, 0.1) is 5.01 Å². The van der Waals surface area contributed by atoms with Crippen molar-refractivity contribution in [2.45, 2.75) is 32.2 Å². The molecular formula is C12H17N3O2S. The van der Waals surface area contributed by atoms with Gasteiger partial charge in [-0.1, -0.05) is 0 Å². The van der Waals surface area contributed by atoms with E-state index in [1.54, 1.807) is 29.4 Å². The quantitative estimate of drug-likeness (QED) is 0.859. The zero-order valence-corrected chi connectivity index (χ0v) is 11.2. The number of hydrogen-bond acceptors (Lipinski definition) is 4. The largest absolute Gasteiger partial charge is 0.354 e. The summed E-state index contributed by atoms with van der Waals surface area (Å²) in [4.78, 5) is 29.2. The molecule has 0 aliphatic carbocycles. The van der Waals surface area contributed by atoms with Gasteiger partial charge in [0.25, 0.3) is 0 Å². The third kappa shape index (κ3) is 3.07. The van der Waals surface area contributed by atoms with E-state index in [0.717, 1.165) is 17.8 Å². The Bertz CT molecular complexity index is 419. The van der Waals surface area contributed by atoms with Crippen molar-refractivity contribution in [3.8, 4) is 0 Å². The molecule has 6 heteroatoms. The fourth-order valence-corrected chi connectivity index (χ4v) is 2.66. The van der Waals surface area contributed by atoms with Gasteiger partial charge in [0.15, 0.2) is 0 Å². The molecular weight excluding hydrogens is 250 g/mol. The van der Waals surface area contributed by atoms with Crippen LogP contribution in [0.4, 0.5) is 0 Å². The second-order valence-electron chi connectivity index (χ2n) is 4.33. The second-order valence-corrected chi connectivity index (χ2v) is 5.31. The molecule has 0 unspecified atom stereocenters. The highest BCUT2D eigenvalue weighted by molar-refractivity contribution is 7.09.